The predicted octanol–water partition coefficient (Wildman–Crippen LogP) is 4.31. The fraction of sp³-hybridized carbons (Fsp3) is 0.550. The molecule has 0 N–H and O–H groups in total. The summed E-state index contributed by atoms with van der Waals surface area (Å²) in [6.45, 7) is 9.19. The molecule has 2 aromatic heterocycles. The van der Waals surface area contributed by atoms with Crippen molar-refractivity contribution < 1.29 is 4.74 Å². The van der Waals surface area contributed by atoms with Gasteiger partial charge in [-0.1, -0.05) is 12.1 Å². The van der Waals surface area contributed by atoms with Crippen LogP contribution in [0.15, 0.2) is 35.8 Å². The van der Waals surface area contributed by atoms with Crippen molar-refractivity contribution in [2.75, 3.05) is 26.3 Å². The first-order chi connectivity index (χ1) is 11.7. The van der Waals surface area contributed by atoms with E-state index in [9.17, 15) is 0 Å². The molecule has 0 unspecified atom stereocenters. The van der Waals surface area contributed by atoms with Crippen LogP contribution in [-0.4, -0.2) is 36.2 Å². The average molecular weight is 345 g/mol. The molecule has 2 aromatic rings. The molecule has 4 heteroatoms. The molecule has 130 valence electrons. The van der Waals surface area contributed by atoms with Crippen LogP contribution < -0.4 is 0 Å². The van der Waals surface area contributed by atoms with Crippen LogP contribution in [0.1, 0.15) is 35.9 Å². The molecular weight excluding hydrogens is 316 g/mol. The third kappa shape index (κ3) is 4.44. The third-order valence-corrected chi connectivity index (χ3v) is 6.06. The molecule has 0 aromatic carbocycles. The van der Waals surface area contributed by atoms with Gasteiger partial charge in [0.05, 0.1) is 6.61 Å². The summed E-state index contributed by atoms with van der Waals surface area (Å²) in [5.74, 6) is 0. The zero-order valence-electron chi connectivity index (χ0n) is 14.8. The van der Waals surface area contributed by atoms with Crippen molar-refractivity contribution in [3.05, 3.63) is 52.0 Å². The zero-order valence-corrected chi connectivity index (χ0v) is 15.6. The number of aryl methyl sites for hydroxylation is 2. The van der Waals surface area contributed by atoms with Crippen LogP contribution in [0.3, 0.4) is 0 Å². The Kier molecular flexibility index (Phi) is 6.04. The second-order valence-corrected chi connectivity index (χ2v) is 7.96. The Labute approximate surface area is 149 Å². The number of ether oxygens (including phenoxy) is 1. The van der Waals surface area contributed by atoms with Gasteiger partial charge in [-0.3, -0.25) is 9.88 Å². The smallest absolute Gasteiger partial charge is 0.0535 e. The minimum absolute atomic E-state index is 0.302. The highest BCUT2D eigenvalue weighted by Gasteiger charge is 2.38. The van der Waals surface area contributed by atoms with E-state index in [4.69, 9.17) is 4.74 Å². The van der Waals surface area contributed by atoms with Gasteiger partial charge in [-0.2, -0.15) is 0 Å². The van der Waals surface area contributed by atoms with Crippen LogP contribution in [-0.2, 0) is 17.7 Å². The van der Waals surface area contributed by atoms with Gasteiger partial charge in [0, 0.05) is 41.9 Å². The van der Waals surface area contributed by atoms with Crippen LogP contribution >= 0.6 is 11.3 Å². The average Bonchev–Trinajstić information content (AvgIpc) is 3.24. The van der Waals surface area contributed by atoms with Gasteiger partial charge < -0.3 is 4.74 Å². The van der Waals surface area contributed by atoms with Crippen molar-refractivity contribution in [1.29, 1.82) is 0 Å². The molecular formula is C20H28N2OS. The fourth-order valence-electron chi connectivity index (χ4n) is 3.64. The highest BCUT2D eigenvalue weighted by atomic mass is 32.1. The van der Waals surface area contributed by atoms with Crippen molar-refractivity contribution in [1.82, 2.24) is 9.88 Å². The number of nitrogens with zero attached hydrogens (tertiary/aromatic N) is 2. The van der Waals surface area contributed by atoms with Gasteiger partial charge in [-0.05, 0) is 62.7 Å². The summed E-state index contributed by atoms with van der Waals surface area (Å²) in [4.78, 5) is 8.50. The van der Waals surface area contributed by atoms with E-state index >= 15 is 0 Å². The van der Waals surface area contributed by atoms with E-state index in [1.54, 1.807) is 0 Å². The first-order valence-electron chi connectivity index (χ1n) is 8.94. The van der Waals surface area contributed by atoms with Crippen molar-refractivity contribution in [2.45, 2.75) is 39.7 Å². The van der Waals surface area contributed by atoms with Gasteiger partial charge in [-0.25, -0.2) is 0 Å². The third-order valence-electron chi connectivity index (χ3n) is 5.12. The van der Waals surface area contributed by atoms with Gasteiger partial charge in [0.15, 0.2) is 0 Å². The van der Waals surface area contributed by atoms with Crippen LogP contribution in [0.4, 0.5) is 0 Å². The minimum atomic E-state index is 0.302. The summed E-state index contributed by atoms with van der Waals surface area (Å²) in [5.41, 5.74) is 2.80. The number of pyridine rings is 1. The lowest BCUT2D eigenvalue weighted by atomic mass is 9.83. The standard InChI is InChI=1S/C20H28N2OS/c1-3-23-16-20(9-8-19-7-5-13-24-19)10-12-22(15-20)14-18-6-4-11-21-17(18)2/h4-7,11,13H,3,8-10,12,14-16H2,1-2H3/t20-/m0/s1. The summed E-state index contributed by atoms with van der Waals surface area (Å²) in [6.07, 6.45) is 5.50. The van der Waals surface area contributed by atoms with Crippen molar-refractivity contribution in [2.24, 2.45) is 5.41 Å². The summed E-state index contributed by atoms with van der Waals surface area (Å²) in [7, 11) is 0. The number of likely N-dealkylation sites (tertiary alicyclic amines) is 1. The first-order valence-corrected chi connectivity index (χ1v) is 9.82. The van der Waals surface area contributed by atoms with Crippen molar-refractivity contribution in [3.63, 3.8) is 0 Å². The topological polar surface area (TPSA) is 25.4 Å². The second kappa shape index (κ2) is 8.24. The summed E-state index contributed by atoms with van der Waals surface area (Å²) in [6, 6.07) is 8.66. The number of hydrogen-bond donors (Lipinski definition) is 0. The van der Waals surface area contributed by atoms with Gasteiger partial charge >= 0.3 is 0 Å². The summed E-state index contributed by atoms with van der Waals surface area (Å²) >= 11 is 1.87. The molecule has 0 amide bonds. The lowest BCUT2D eigenvalue weighted by Crippen LogP contribution is -2.32. The number of rotatable bonds is 8. The molecule has 0 saturated carbocycles. The Bertz CT molecular complexity index is 628. The Morgan fingerprint density at radius 2 is 2.25 bits per heavy atom. The molecule has 3 rings (SSSR count). The number of hydrogen-bond acceptors (Lipinski definition) is 4. The maximum absolute atomic E-state index is 5.88. The largest absolute Gasteiger partial charge is 0.381 e. The number of aromatic nitrogens is 1. The Morgan fingerprint density at radius 3 is 3.00 bits per heavy atom. The van der Waals surface area contributed by atoms with Gasteiger partial charge in [0.25, 0.3) is 0 Å². The molecule has 1 saturated heterocycles. The maximum atomic E-state index is 5.88. The minimum Gasteiger partial charge on any atom is -0.381 e. The molecule has 0 bridgehead atoms. The van der Waals surface area contributed by atoms with Crippen LogP contribution in [0.5, 0.6) is 0 Å². The van der Waals surface area contributed by atoms with Crippen molar-refractivity contribution in [3.8, 4) is 0 Å². The SMILES string of the molecule is CCOC[C@@]1(CCc2cccs2)CCN(Cc2cccnc2C)C1. The molecule has 1 aliphatic heterocycles. The molecule has 0 aliphatic carbocycles. The Hall–Kier alpha value is -1.23. The highest BCUT2D eigenvalue weighted by Crippen LogP contribution is 2.37. The molecule has 1 fully saturated rings. The highest BCUT2D eigenvalue weighted by molar-refractivity contribution is 7.09. The van der Waals surface area contributed by atoms with Crippen LogP contribution in [0.2, 0.25) is 0 Å². The Morgan fingerprint density at radius 1 is 1.33 bits per heavy atom. The summed E-state index contributed by atoms with van der Waals surface area (Å²) in [5, 5.41) is 2.18. The fourth-order valence-corrected chi connectivity index (χ4v) is 4.35. The van der Waals surface area contributed by atoms with Crippen LogP contribution in [0.25, 0.3) is 0 Å². The quantitative estimate of drug-likeness (QED) is 0.713. The first kappa shape index (κ1) is 17.6. The van der Waals surface area contributed by atoms with E-state index in [0.29, 0.717) is 5.41 Å². The van der Waals surface area contributed by atoms with Crippen LogP contribution in [0, 0.1) is 12.3 Å². The predicted molar refractivity (Wildman–Crippen MR) is 100 cm³/mol. The van der Waals surface area contributed by atoms with E-state index in [1.807, 2.05) is 23.6 Å². The molecule has 0 radical (unpaired) electrons. The van der Waals surface area contributed by atoms with Gasteiger partial charge in [0.1, 0.15) is 0 Å². The molecule has 0 spiro atoms. The lowest BCUT2D eigenvalue weighted by Gasteiger charge is -2.29. The lowest BCUT2D eigenvalue weighted by molar-refractivity contribution is 0.0490. The van der Waals surface area contributed by atoms with Gasteiger partial charge in [0.2, 0.25) is 0 Å². The molecule has 24 heavy (non-hydrogen) atoms. The number of thiophene rings is 1. The molecule has 3 heterocycles. The van der Waals surface area contributed by atoms with E-state index in [2.05, 4.69) is 47.3 Å². The monoisotopic (exact) mass is 344 g/mol. The second-order valence-electron chi connectivity index (χ2n) is 6.93. The Balaban J connectivity index is 1.63. The van der Waals surface area contributed by atoms with E-state index in [1.165, 1.54) is 29.7 Å². The molecule has 3 nitrogen and oxygen atoms in total. The normalized spacial score (nSPS) is 21.4. The van der Waals surface area contributed by atoms with Gasteiger partial charge in [-0.15, -0.1) is 11.3 Å². The maximum Gasteiger partial charge on any atom is 0.0535 e. The van der Waals surface area contributed by atoms with E-state index in [-0.39, 0.29) is 0 Å². The van der Waals surface area contributed by atoms with Crippen molar-refractivity contribution >= 4 is 11.3 Å². The van der Waals surface area contributed by atoms with E-state index in [0.717, 1.165) is 38.5 Å². The summed E-state index contributed by atoms with van der Waals surface area (Å²) < 4.78 is 5.88. The molecule has 1 aliphatic rings. The zero-order chi connectivity index (χ0) is 16.8. The van der Waals surface area contributed by atoms with E-state index < -0.39 is 0 Å². The molecule has 1 atom stereocenters.